The Morgan fingerprint density at radius 1 is 1.06 bits per heavy atom. The first-order valence-electron chi connectivity index (χ1n) is 11.5. The Balaban J connectivity index is 1.03. The highest BCUT2D eigenvalue weighted by Gasteiger charge is 2.22. The van der Waals surface area contributed by atoms with Crippen molar-refractivity contribution in [2.45, 2.75) is 25.7 Å². The highest BCUT2D eigenvalue weighted by atomic mass is 16.5. The summed E-state index contributed by atoms with van der Waals surface area (Å²) in [5.41, 5.74) is 2.61. The molecule has 1 N–H and O–H groups in total. The molecule has 0 radical (unpaired) electrons. The van der Waals surface area contributed by atoms with Gasteiger partial charge in [-0.15, -0.1) is 0 Å². The van der Waals surface area contributed by atoms with Crippen molar-refractivity contribution in [3.05, 3.63) is 35.9 Å². The first kappa shape index (κ1) is 20.9. The number of carbonyl (C=O) groups excluding carboxylic acids is 1. The van der Waals surface area contributed by atoms with Crippen molar-refractivity contribution in [2.75, 3.05) is 62.8 Å². The summed E-state index contributed by atoms with van der Waals surface area (Å²) in [4.78, 5) is 20.7. The van der Waals surface area contributed by atoms with Crippen molar-refractivity contribution in [3.63, 3.8) is 0 Å². The Morgan fingerprint density at radius 2 is 1.97 bits per heavy atom. The summed E-state index contributed by atoms with van der Waals surface area (Å²) in [7, 11) is 0. The van der Waals surface area contributed by atoms with E-state index in [0.29, 0.717) is 24.1 Å². The second kappa shape index (κ2) is 9.65. The Bertz CT molecular complexity index is 959. The van der Waals surface area contributed by atoms with Gasteiger partial charge in [0, 0.05) is 32.2 Å². The van der Waals surface area contributed by atoms with Crippen LogP contribution >= 0.6 is 0 Å². The first-order valence-corrected chi connectivity index (χ1v) is 11.5. The van der Waals surface area contributed by atoms with Gasteiger partial charge in [0.05, 0.1) is 18.9 Å². The zero-order chi connectivity index (χ0) is 21.8. The number of rotatable bonds is 7. The van der Waals surface area contributed by atoms with Gasteiger partial charge in [-0.2, -0.15) is 4.98 Å². The average Bonchev–Trinajstić information content (AvgIpc) is 2.83. The van der Waals surface area contributed by atoms with Crippen LogP contribution in [0.5, 0.6) is 17.4 Å². The third-order valence-corrected chi connectivity index (χ3v) is 6.19. The van der Waals surface area contributed by atoms with Crippen LogP contribution in [0.15, 0.2) is 30.3 Å². The smallest absolute Gasteiger partial charge is 0.263 e. The fourth-order valence-electron chi connectivity index (χ4n) is 4.47. The number of anilines is 2. The molecule has 170 valence electrons. The van der Waals surface area contributed by atoms with Crippen LogP contribution in [0.1, 0.15) is 24.8 Å². The Labute approximate surface area is 188 Å². The second-order valence-electron chi connectivity index (χ2n) is 8.43. The molecular formula is C24H30N4O4. The number of hydrogen-bond donors (Lipinski definition) is 1. The van der Waals surface area contributed by atoms with E-state index in [1.807, 2.05) is 0 Å². The lowest BCUT2D eigenvalue weighted by molar-refractivity contribution is -0.118. The Morgan fingerprint density at radius 3 is 2.88 bits per heavy atom. The monoisotopic (exact) mass is 438 g/mol. The van der Waals surface area contributed by atoms with Crippen LogP contribution in [-0.2, 0) is 11.2 Å². The molecule has 3 aliphatic heterocycles. The fourth-order valence-corrected chi connectivity index (χ4v) is 4.47. The van der Waals surface area contributed by atoms with Gasteiger partial charge in [-0.3, -0.25) is 9.69 Å². The van der Waals surface area contributed by atoms with Crippen LogP contribution in [0.2, 0.25) is 0 Å². The minimum absolute atomic E-state index is 0.0322. The van der Waals surface area contributed by atoms with Crippen LogP contribution in [-0.4, -0.2) is 68.3 Å². The number of unbranched alkanes of at least 4 members (excludes halogenated alkanes) is 1. The molecule has 0 unspecified atom stereocenters. The molecule has 1 amide bonds. The van der Waals surface area contributed by atoms with Crippen LogP contribution in [0.4, 0.5) is 11.5 Å². The molecule has 1 saturated heterocycles. The lowest BCUT2D eigenvalue weighted by Crippen LogP contribution is -2.46. The number of hydrogen-bond acceptors (Lipinski definition) is 7. The van der Waals surface area contributed by atoms with Gasteiger partial charge >= 0.3 is 0 Å². The van der Waals surface area contributed by atoms with Gasteiger partial charge in [-0.1, -0.05) is 12.1 Å². The maximum Gasteiger partial charge on any atom is 0.263 e. The molecule has 0 spiro atoms. The Kier molecular flexibility index (Phi) is 6.29. The van der Waals surface area contributed by atoms with E-state index in [2.05, 4.69) is 38.3 Å². The maximum atomic E-state index is 11.4. The molecule has 0 bridgehead atoms. The minimum Gasteiger partial charge on any atom is -0.491 e. The predicted octanol–water partition coefficient (Wildman–Crippen LogP) is 2.72. The molecule has 2 aromatic rings. The lowest BCUT2D eigenvalue weighted by atomic mass is 10.0. The van der Waals surface area contributed by atoms with Gasteiger partial charge in [0.15, 0.2) is 18.2 Å². The lowest BCUT2D eigenvalue weighted by Gasteiger charge is -2.37. The topological polar surface area (TPSA) is 76.2 Å². The third-order valence-electron chi connectivity index (χ3n) is 6.19. The van der Waals surface area contributed by atoms with Gasteiger partial charge < -0.3 is 24.4 Å². The summed E-state index contributed by atoms with van der Waals surface area (Å²) in [5.74, 6) is 2.44. The summed E-state index contributed by atoms with van der Waals surface area (Å²) >= 11 is 0. The molecule has 0 saturated carbocycles. The number of piperazine rings is 1. The number of ether oxygens (including phenoxy) is 3. The van der Waals surface area contributed by atoms with Crippen molar-refractivity contribution in [2.24, 2.45) is 0 Å². The number of pyridine rings is 1. The minimum atomic E-state index is -0.193. The van der Waals surface area contributed by atoms with Crippen LogP contribution < -0.4 is 24.4 Å². The number of fused-ring (bicyclic) bond motifs is 2. The zero-order valence-electron chi connectivity index (χ0n) is 18.3. The van der Waals surface area contributed by atoms with Crippen molar-refractivity contribution >= 4 is 17.4 Å². The highest BCUT2D eigenvalue weighted by molar-refractivity contribution is 5.94. The molecule has 4 heterocycles. The van der Waals surface area contributed by atoms with E-state index in [1.165, 1.54) is 11.3 Å². The van der Waals surface area contributed by atoms with E-state index in [0.717, 1.165) is 70.8 Å². The van der Waals surface area contributed by atoms with Gasteiger partial charge in [0.25, 0.3) is 5.91 Å². The van der Waals surface area contributed by atoms with Gasteiger partial charge in [-0.05, 0) is 49.9 Å². The van der Waals surface area contributed by atoms with Crippen molar-refractivity contribution in [1.82, 2.24) is 9.88 Å². The summed E-state index contributed by atoms with van der Waals surface area (Å²) in [6.07, 6.45) is 4.27. The Hall–Kier alpha value is -3.00. The SMILES string of the molecule is O=C1COc2ccc(OCCCCN3CCN(c4cccc5c4OCCC5)CC3)nc2N1. The predicted molar refractivity (Wildman–Crippen MR) is 122 cm³/mol. The molecule has 1 fully saturated rings. The van der Waals surface area contributed by atoms with E-state index in [1.54, 1.807) is 12.1 Å². The van der Waals surface area contributed by atoms with Crippen molar-refractivity contribution in [3.8, 4) is 17.4 Å². The first-order chi connectivity index (χ1) is 15.8. The van der Waals surface area contributed by atoms with E-state index in [-0.39, 0.29) is 12.5 Å². The summed E-state index contributed by atoms with van der Waals surface area (Å²) in [5, 5.41) is 2.70. The number of carbonyl (C=O) groups is 1. The molecule has 3 aliphatic rings. The summed E-state index contributed by atoms with van der Waals surface area (Å²) in [6, 6.07) is 10.1. The van der Waals surface area contributed by atoms with E-state index >= 15 is 0 Å². The maximum absolute atomic E-state index is 11.4. The average molecular weight is 439 g/mol. The van der Waals surface area contributed by atoms with Gasteiger partial charge in [-0.25, -0.2) is 0 Å². The van der Waals surface area contributed by atoms with Crippen LogP contribution in [0, 0.1) is 0 Å². The summed E-state index contributed by atoms with van der Waals surface area (Å²) in [6.45, 7) is 6.73. The molecule has 0 atom stereocenters. The third kappa shape index (κ3) is 4.75. The summed E-state index contributed by atoms with van der Waals surface area (Å²) < 4.78 is 17.1. The number of nitrogens with one attached hydrogen (secondary N) is 1. The van der Waals surface area contributed by atoms with Crippen molar-refractivity contribution < 1.29 is 19.0 Å². The van der Waals surface area contributed by atoms with Crippen LogP contribution in [0.3, 0.4) is 0 Å². The number of para-hydroxylation sites is 1. The number of amides is 1. The largest absolute Gasteiger partial charge is 0.491 e. The number of aromatic nitrogens is 1. The number of benzene rings is 1. The molecule has 1 aromatic carbocycles. The molecule has 8 heteroatoms. The van der Waals surface area contributed by atoms with Crippen LogP contribution in [0.25, 0.3) is 0 Å². The normalized spacial score (nSPS) is 18.1. The highest BCUT2D eigenvalue weighted by Crippen LogP contribution is 2.36. The molecule has 1 aromatic heterocycles. The van der Waals surface area contributed by atoms with Gasteiger partial charge in [0.1, 0.15) is 5.75 Å². The number of aryl methyl sites for hydroxylation is 1. The van der Waals surface area contributed by atoms with Gasteiger partial charge in [0.2, 0.25) is 5.88 Å². The van der Waals surface area contributed by atoms with Crippen molar-refractivity contribution in [1.29, 1.82) is 0 Å². The fraction of sp³-hybridized carbons (Fsp3) is 0.500. The molecule has 0 aliphatic carbocycles. The standard InChI is InChI=1S/C24H30N4O4/c29-21-17-32-20-8-9-22(26-24(20)25-21)30-15-2-1-10-27-11-13-28(14-12-27)19-7-3-5-18-6-4-16-31-23(18)19/h3,5,7-9H,1-2,4,6,10-17H2,(H,25,26,29). The second-order valence-corrected chi connectivity index (χ2v) is 8.43. The number of nitrogens with zero attached hydrogens (tertiary/aromatic N) is 3. The quantitative estimate of drug-likeness (QED) is 0.666. The van der Waals surface area contributed by atoms with E-state index in [4.69, 9.17) is 14.2 Å². The van der Waals surface area contributed by atoms with E-state index < -0.39 is 0 Å². The molecule has 5 rings (SSSR count). The molecule has 8 nitrogen and oxygen atoms in total. The zero-order valence-corrected chi connectivity index (χ0v) is 18.3. The van der Waals surface area contributed by atoms with E-state index in [9.17, 15) is 4.79 Å². The molecule has 32 heavy (non-hydrogen) atoms. The molecular weight excluding hydrogens is 408 g/mol.